The summed E-state index contributed by atoms with van der Waals surface area (Å²) in [6.07, 6.45) is -0.917. The zero-order valence-corrected chi connectivity index (χ0v) is 18.8. The monoisotopic (exact) mass is 455 g/mol. The summed E-state index contributed by atoms with van der Waals surface area (Å²) in [5, 5.41) is 11.2. The number of carbonyl (C=O) groups is 1. The van der Waals surface area contributed by atoms with Crippen LogP contribution in [0.1, 0.15) is 17.3 Å². The Labute approximate surface area is 192 Å². The minimum absolute atomic E-state index is 0.0189. The number of anilines is 1. The lowest BCUT2D eigenvalue weighted by atomic mass is 10.1. The van der Waals surface area contributed by atoms with Gasteiger partial charge in [-0.1, -0.05) is 11.6 Å². The molecule has 0 aliphatic heterocycles. The number of rotatable bonds is 10. The van der Waals surface area contributed by atoms with E-state index in [2.05, 4.69) is 0 Å². The third kappa shape index (κ3) is 6.39. The lowest BCUT2D eigenvalue weighted by Gasteiger charge is -2.26. The molecule has 32 heavy (non-hydrogen) atoms. The summed E-state index contributed by atoms with van der Waals surface area (Å²) in [6.45, 7) is 2.52. The second kappa shape index (κ2) is 11.4. The largest absolute Gasteiger partial charge is 0.497 e. The maximum absolute atomic E-state index is 13.3. The van der Waals surface area contributed by atoms with Crippen molar-refractivity contribution >= 4 is 23.2 Å². The van der Waals surface area contributed by atoms with E-state index in [1.54, 1.807) is 79.9 Å². The van der Waals surface area contributed by atoms with E-state index in [-0.39, 0.29) is 19.1 Å². The highest BCUT2D eigenvalue weighted by atomic mass is 35.5. The standard InChI is InChI=1S/C25H26ClNO5/c1-3-31-23-14-8-20(9-15-23)27(25(29)18-4-10-22(30-2)11-5-18)16-21(28)17-32-24-12-6-19(26)7-13-24/h4-15,21,28H,3,16-17H2,1-2H3/t21-/m1/s1. The Morgan fingerprint density at radius 2 is 1.47 bits per heavy atom. The molecule has 1 N–H and O–H groups in total. The van der Waals surface area contributed by atoms with Crippen LogP contribution in [0, 0.1) is 0 Å². The fraction of sp³-hybridized carbons (Fsp3) is 0.240. The van der Waals surface area contributed by atoms with Crippen molar-refractivity contribution in [2.24, 2.45) is 0 Å². The first-order valence-corrected chi connectivity index (χ1v) is 10.6. The molecule has 0 fully saturated rings. The molecule has 0 spiro atoms. The minimum atomic E-state index is -0.917. The lowest BCUT2D eigenvalue weighted by molar-refractivity contribution is 0.0906. The van der Waals surface area contributed by atoms with E-state index in [0.29, 0.717) is 40.1 Å². The van der Waals surface area contributed by atoms with Crippen molar-refractivity contribution < 1.29 is 24.1 Å². The van der Waals surface area contributed by atoms with Gasteiger partial charge in [-0.05, 0) is 79.7 Å². The third-order valence-electron chi connectivity index (χ3n) is 4.69. The van der Waals surface area contributed by atoms with Crippen LogP contribution in [0.25, 0.3) is 0 Å². The Morgan fingerprint density at radius 1 is 0.906 bits per heavy atom. The first kappa shape index (κ1) is 23.4. The molecule has 1 atom stereocenters. The maximum atomic E-state index is 13.3. The van der Waals surface area contributed by atoms with Gasteiger partial charge in [0.15, 0.2) is 0 Å². The predicted octanol–water partition coefficient (Wildman–Crippen LogP) is 4.83. The van der Waals surface area contributed by atoms with Gasteiger partial charge in [-0.15, -0.1) is 0 Å². The van der Waals surface area contributed by atoms with Gasteiger partial charge < -0.3 is 24.2 Å². The van der Waals surface area contributed by atoms with Gasteiger partial charge in [-0.2, -0.15) is 0 Å². The summed E-state index contributed by atoms with van der Waals surface area (Å²) in [4.78, 5) is 14.8. The van der Waals surface area contributed by atoms with Crippen LogP contribution in [-0.2, 0) is 0 Å². The number of halogens is 1. The Kier molecular flexibility index (Phi) is 8.36. The van der Waals surface area contributed by atoms with Crippen molar-refractivity contribution in [3.63, 3.8) is 0 Å². The first-order chi connectivity index (χ1) is 15.5. The van der Waals surface area contributed by atoms with Gasteiger partial charge in [0, 0.05) is 16.3 Å². The molecule has 3 aromatic carbocycles. The molecule has 0 saturated carbocycles. The van der Waals surface area contributed by atoms with E-state index in [1.165, 1.54) is 4.90 Å². The molecular formula is C25H26ClNO5. The van der Waals surface area contributed by atoms with Crippen molar-refractivity contribution in [2.75, 3.05) is 31.8 Å². The van der Waals surface area contributed by atoms with Crippen molar-refractivity contribution in [1.29, 1.82) is 0 Å². The van der Waals surface area contributed by atoms with Gasteiger partial charge in [-0.25, -0.2) is 0 Å². The molecule has 0 unspecified atom stereocenters. The fourth-order valence-electron chi connectivity index (χ4n) is 3.07. The second-order valence-corrected chi connectivity index (χ2v) is 7.43. The smallest absolute Gasteiger partial charge is 0.258 e. The molecule has 1 amide bonds. The number of aliphatic hydroxyl groups is 1. The molecule has 3 rings (SSSR count). The number of carbonyl (C=O) groups excluding carboxylic acids is 1. The first-order valence-electron chi connectivity index (χ1n) is 10.3. The zero-order valence-electron chi connectivity index (χ0n) is 18.0. The summed E-state index contributed by atoms with van der Waals surface area (Å²) in [7, 11) is 1.57. The van der Waals surface area contributed by atoms with Crippen LogP contribution in [-0.4, -0.2) is 44.0 Å². The number of aliphatic hydroxyl groups excluding tert-OH is 1. The average molecular weight is 456 g/mol. The van der Waals surface area contributed by atoms with Crippen LogP contribution in [0.4, 0.5) is 5.69 Å². The van der Waals surface area contributed by atoms with Crippen LogP contribution in [0.5, 0.6) is 17.2 Å². The van der Waals surface area contributed by atoms with E-state index in [4.69, 9.17) is 25.8 Å². The van der Waals surface area contributed by atoms with Crippen LogP contribution >= 0.6 is 11.6 Å². The maximum Gasteiger partial charge on any atom is 0.258 e. The minimum Gasteiger partial charge on any atom is -0.497 e. The van der Waals surface area contributed by atoms with E-state index in [0.717, 1.165) is 0 Å². The number of benzene rings is 3. The Hall–Kier alpha value is -3.22. The van der Waals surface area contributed by atoms with Crippen molar-refractivity contribution in [1.82, 2.24) is 0 Å². The molecule has 0 saturated heterocycles. The van der Waals surface area contributed by atoms with Crippen LogP contribution < -0.4 is 19.1 Å². The molecule has 168 valence electrons. The quantitative estimate of drug-likeness (QED) is 0.474. The molecule has 0 aromatic heterocycles. The topological polar surface area (TPSA) is 68.2 Å². The van der Waals surface area contributed by atoms with Gasteiger partial charge in [0.05, 0.1) is 20.3 Å². The number of hydrogen-bond acceptors (Lipinski definition) is 5. The number of ether oxygens (including phenoxy) is 3. The fourth-order valence-corrected chi connectivity index (χ4v) is 3.20. The van der Waals surface area contributed by atoms with E-state index in [9.17, 15) is 9.90 Å². The summed E-state index contributed by atoms with van der Waals surface area (Å²) >= 11 is 5.89. The number of methoxy groups -OCH3 is 1. The highest BCUT2D eigenvalue weighted by molar-refractivity contribution is 6.30. The Bertz CT molecular complexity index is 990. The molecule has 3 aromatic rings. The highest BCUT2D eigenvalue weighted by Crippen LogP contribution is 2.23. The predicted molar refractivity (Wildman–Crippen MR) is 125 cm³/mol. The SMILES string of the molecule is CCOc1ccc(N(C[C@@H](O)COc2ccc(Cl)cc2)C(=O)c2ccc(OC)cc2)cc1. The van der Waals surface area contributed by atoms with Gasteiger partial charge in [0.1, 0.15) is 30.0 Å². The normalized spacial score (nSPS) is 11.5. The second-order valence-electron chi connectivity index (χ2n) is 6.99. The van der Waals surface area contributed by atoms with Gasteiger partial charge in [0.25, 0.3) is 5.91 Å². The van der Waals surface area contributed by atoms with E-state index < -0.39 is 6.10 Å². The Balaban J connectivity index is 1.76. The zero-order chi connectivity index (χ0) is 22.9. The van der Waals surface area contributed by atoms with Crippen LogP contribution in [0.2, 0.25) is 5.02 Å². The number of nitrogens with zero attached hydrogens (tertiary/aromatic N) is 1. The van der Waals surface area contributed by atoms with E-state index in [1.807, 2.05) is 6.92 Å². The van der Waals surface area contributed by atoms with Gasteiger partial charge in [-0.3, -0.25) is 4.79 Å². The molecule has 0 heterocycles. The van der Waals surface area contributed by atoms with Gasteiger partial charge >= 0.3 is 0 Å². The van der Waals surface area contributed by atoms with Crippen molar-refractivity contribution in [3.8, 4) is 17.2 Å². The molecule has 0 aliphatic carbocycles. The molecular weight excluding hydrogens is 430 g/mol. The van der Waals surface area contributed by atoms with Crippen LogP contribution in [0.15, 0.2) is 72.8 Å². The molecule has 6 nitrogen and oxygen atoms in total. The average Bonchev–Trinajstić information content (AvgIpc) is 2.82. The third-order valence-corrected chi connectivity index (χ3v) is 4.94. The van der Waals surface area contributed by atoms with Crippen molar-refractivity contribution in [2.45, 2.75) is 13.0 Å². The summed E-state index contributed by atoms with van der Waals surface area (Å²) in [6, 6.07) is 20.9. The van der Waals surface area contributed by atoms with Crippen LogP contribution in [0.3, 0.4) is 0 Å². The molecule has 7 heteroatoms. The molecule has 0 bridgehead atoms. The number of hydrogen-bond donors (Lipinski definition) is 1. The summed E-state index contributed by atoms with van der Waals surface area (Å²) < 4.78 is 16.3. The summed E-state index contributed by atoms with van der Waals surface area (Å²) in [5.74, 6) is 1.70. The van der Waals surface area contributed by atoms with E-state index >= 15 is 0 Å². The molecule has 0 radical (unpaired) electrons. The summed E-state index contributed by atoms with van der Waals surface area (Å²) in [5.41, 5.74) is 1.12. The lowest BCUT2D eigenvalue weighted by Crippen LogP contribution is -2.40. The number of amides is 1. The van der Waals surface area contributed by atoms with Gasteiger partial charge in [0.2, 0.25) is 0 Å². The van der Waals surface area contributed by atoms with Crippen molar-refractivity contribution in [3.05, 3.63) is 83.4 Å². The molecule has 0 aliphatic rings. The highest BCUT2D eigenvalue weighted by Gasteiger charge is 2.22. The Morgan fingerprint density at radius 3 is 2.06 bits per heavy atom.